The first-order valence-electron chi connectivity index (χ1n) is 8.28. The van der Waals surface area contributed by atoms with Crippen molar-refractivity contribution in [3.05, 3.63) is 57.3 Å². The summed E-state index contributed by atoms with van der Waals surface area (Å²) in [5, 5.41) is 0. The molecule has 120 valence electrons. The summed E-state index contributed by atoms with van der Waals surface area (Å²) in [6.45, 7) is 6.44. The van der Waals surface area contributed by atoms with E-state index in [1.807, 2.05) is 18.2 Å². The van der Waals surface area contributed by atoms with Gasteiger partial charge in [-0.25, -0.2) is 0 Å². The molecule has 1 aromatic heterocycles. The smallest absolute Gasteiger partial charge is 0.185 e. The number of anilines is 1. The van der Waals surface area contributed by atoms with Crippen molar-refractivity contribution in [2.24, 2.45) is 0 Å². The summed E-state index contributed by atoms with van der Waals surface area (Å²) in [7, 11) is 0. The van der Waals surface area contributed by atoms with Gasteiger partial charge >= 0.3 is 0 Å². The molecular formula is C20H23NOS. The van der Waals surface area contributed by atoms with Crippen LogP contribution >= 0.6 is 11.3 Å². The van der Waals surface area contributed by atoms with Gasteiger partial charge in [0.1, 0.15) is 0 Å². The van der Waals surface area contributed by atoms with Crippen LogP contribution < -0.4 is 4.90 Å². The van der Waals surface area contributed by atoms with Crippen LogP contribution in [0.15, 0.2) is 36.4 Å². The highest BCUT2D eigenvalue weighted by Gasteiger charge is 2.11. The minimum absolute atomic E-state index is 0.0680. The molecule has 1 aliphatic rings. The monoisotopic (exact) mass is 325 g/mol. The summed E-state index contributed by atoms with van der Waals surface area (Å²) in [5.41, 5.74) is 3.13. The molecule has 0 saturated carbocycles. The fraction of sp³-hybridized carbons (Fsp3) is 0.350. The Bertz CT molecular complexity index is 706. The number of piperidine rings is 1. The summed E-state index contributed by atoms with van der Waals surface area (Å²) < 4.78 is 0. The van der Waals surface area contributed by atoms with Crippen LogP contribution in [0.2, 0.25) is 0 Å². The van der Waals surface area contributed by atoms with Crippen molar-refractivity contribution in [3.8, 4) is 0 Å². The number of hydrogen-bond acceptors (Lipinski definition) is 3. The molecule has 1 aliphatic heterocycles. The molecule has 0 unspecified atom stereocenters. The van der Waals surface area contributed by atoms with Crippen LogP contribution in [0.25, 0.3) is 6.08 Å². The number of carbonyl (C=O) groups excluding carboxylic acids is 1. The topological polar surface area (TPSA) is 20.3 Å². The van der Waals surface area contributed by atoms with Gasteiger partial charge in [0.05, 0.1) is 0 Å². The third-order valence-corrected chi connectivity index (χ3v) is 5.35. The molecule has 0 atom stereocenters. The van der Waals surface area contributed by atoms with Crippen molar-refractivity contribution in [2.45, 2.75) is 33.1 Å². The lowest BCUT2D eigenvalue weighted by molar-refractivity contribution is 0.104. The van der Waals surface area contributed by atoms with Crippen LogP contribution in [0.3, 0.4) is 0 Å². The number of rotatable bonds is 4. The van der Waals surface area contributed by atoms with Crippen molar-refractivity contribution in [1.82, 2.24) is 0 Å². The van der Waals surface area contributed by atoms with Crippen LogP contribution in [-0.4, -0.2) is 18.9 Å². The molecule has 1 fully saturated rings. The lowest BCUT2D eigenvalue weighted by Gasteiger charge is -2.28. The Morgan fingerprint density at radius 1 is 1.09 bits per heavy atom. The Balaban J connectivity index is 1.69. The van der Waals surface area contributed by atoms with Crippen molar-refractivity contribution < 1.29 is 4.79 Å². The minimum Gasteiger partial charge on any atom is -0.372 e. The van der Waals surface area contributed by atoms with E-state index in [2.05, 4.69) is 36.9 Å². The Morgan fingerprint density at radius 3 is 2.39 bits per heavy atom. The normalized spacial score (nSPS) is 15.3. The molecule has 0 amide bonds. The van der Waals surface area contributed by atoms with E-state index in [1.54, 1.807) is 17.4 Å². The van der Waals surface area contributed by atoms with E-state index in [9.17, 15) is 4.79 Å². The van der Waals surface area contributed by atoms with E-state index >= 15 is 0 Å². The molecule has 3 heteroatoms. The number of nitrogens with zero attached hydrogens (tertiary/aromatic N) is 1. The van der Waals surface area contributed by atoms with Crippen molar-refractivity contribution >= 4 is 28.9 Å². The van der Waals surface area contributed by atoms with Gasteiger partial charge in [-0.1, -0.05) is 0 Å². The molecule has 0 spiro atoms. The van der Waals surface area contributed by atoms with Crippen LogP contribution in [0.4, 0.5) is 5.69 Å². The number of benzene rings is 1. The van der Waals surface area contributed by atoms with Crippen molar-refractivity contribution in [3.63, 3.8) is 0 Å². The molecule has 1 aromatic carbocycles. The largest absolute Gasteiger partial charge is 0.372 e. The predicted molar refractivity (Wildman–Crippen MR) is 99.7 cm³/mol. The molecule has 0 N–H and O–H groups in total. The Kier molecular flexibility index (Phi) is 4.97. The lowest BCUT2D eigenvalue weighted by Crippen LogP contribution is -2.29. The zero-order valence-electron chi connectivity index (χ0n) is 13.8. The molecule has 2 nitrogen and oxygen atoms in total. The summed E-state index contributed by atoms with van der Waals surface area (Å²) in [5.74, 6) is 0.0680. The van der Waals surface area contributed by atoms with E-state index < -0.39 is 0 Å². The first kappa shape index (κ1) is 16.0. The number of carbonyl (C=O) groups is 1. The van der Waals surface area contributed by atoms with Gasteiger partial charge in [-0.2, -0.15) is 0 Å². The molecular weight excluding hydrogens is 302 g/mol. The van der Waals surface area contributed by atoms with Crippen molar-refractivity contribution in [2.75, 3.05) is 18.0 Å². The Morgan fingerprint density at radius 2 is 1.78 bits per heavy atom. The van der Waals surface area contributed by atoms with Crippen LogP contribution in [0.1, 0.15) is 44.9 Å². The molecule has 3 rings (SSSR count). The van der Waals surface area contributed by atoms with E-state index in [-0.39, 0.29) is 5.78 Å². The molecule has 2 heterocycles. The summed E-state index contributed by atoms with van der Waals surface area (Å²) in [6, 6.07) is 10.2. The minimum atomic E-state index is 0.0680. The summed E-state index contributed by atoms with van der Waals surface area (Å²) >= 11 is 1.77. The Labute approximate surface area is 142 Å². The maximum absolute atomic E-state index is 12.3. The van der Waals surface area contributed by atoms with E-state index in [0.29, 0.717) is 0 Å². The zero-order chi connectivity index (χ0) is 16.2. The number of allylic oxidation sites excluding steroid dienone is 1. The highest BCUT2D eigenvalue weighted by molar-refractivity contribution is 7.12. The van der Waals surface area contributed by atoms with Gasteiger partial charge in [0.15, 0.2) is 5.78 Å². The number of hydrogen-bond donors (Lipinski definition) is 0. The average molecular weight is 325 g/mol. The van der Waals surface area contributed by atoms with Gasteiger partial charge in [-0.15, -0.1) is 11.3 Å². The van der Waals surface area contributed by atoms with Gasteiger partial charge in [0.2, 0.25) is 0 Å². The van der Waals surface area contributed by atoms with Crippen LogP contribution in [0, 0.1) is 13.8 Å². The van der Waals surface area contributed by atoms with Gasteiger partial charge < -0.3 is 4.90 Å². The number of aryl methyl sites for hydroxylation is 2. The standard InChI is InChI=1S/C20H23NOS/c1-15-14-18(16(2)23-15)8-11-20(22)17-6-9-19(10-7-17)21-12-4-3-5-13-21/h6-11,14H,3-5,12-13H2,1-2H3/b11-8+. The average Bonchev–Trinajstić information content (AvgIpc) is 2.91. The second-order valence-electron chi connectivity index (χ2n) is 6.16. The Hall–Kier alpha value is -1.87. The van der Waals surface area contributed by atoms with Gasteiger partial charge in [0, 0.05) is 34.1 Å². The highest BCUT2D eigenvalue weighted by atomic mass is 32.1. The third kappa shape index (κ3) is 3.91. The second kappa shape index (κ2) is 7.14. The molecule has 0 bridgehead atoms. The first-order valence-corrected chi connectivity index (χ1v) is 9.09. The van der Waals surface area contributed by atoms with Gasteiger partial charge in [-0.3, -0.25) is 4.79 Å². The predicted octanol–water partition coefficient (Wildman–Crippen LogP) is 5.25. The quantitative estimate of drug-likeness (QED) is 0.565. The maximum atomic E-state index is 12.3. The molecule has 23 heavy (non-hydrogen) atoms. The van der Waals surface area contributed by atoms with Crippen molar-refractivity contribution in [1.29, 1.82) is 0 Å². The van der Waals surface area contributed by atoms with Crippen LogP contribution in [-0.2, 0) is 0 Å². The number of ketones is 1. The highest BCUT2D eigenvalue weighted by Crippen LogP contribution is 2.23. The van der Waals surface area contributed by atoms with E-state index in [1.165, 1.54) is 34.7 Å². The van der Waals surface area contributed by atoms with Crippen LogP contribution in [0.5, 0.6) is 0 Å². The first-order chi connectivity index (χ1) is 11.1. The fourth-order valence-electron chi connectivity index (χ4n) is 3.07. The maximum Gasteiger partial charge on any atom is 0.185 e. The summed E-state index contributed by atoms with van der Waals surface area (Å²) in [4.78, 5) is 17.3. The van der Waals surface area contributed by atoms with Gasteiger partial charge in [-0.05, 0) is 81.2 Å². The molecule has 0 radical (unpaired) electrons. The van der Waals surface area contributed by atoms with E-state index in [4.69, 9.17) is 0 Å². The molecule has 0 aliphatic carbocycles. The lowest BCUT2D eigenvalue weighted by atomic mass is 10.1. The van der Waals surface area contributed by atoms with Gasteiger partial charge in [0.25, 0.3) is 0 Å². The second-order valence-corrected chi connectivity index (χ2v) is 7.62. The molecule has 1 saturated heterocycles. The molecule has 2 aromatic rings. The summed E-state index contributed by atoms with van der Waals surface area (Å²) in [6.07, 6.45) is 7.48. The number of thiophene rings is 1. The SMILES string of the molecule is Cc1cc(/C=C/C(=O)c2ccc(N3CCCCC3)cc2)c(C)s1. The zero-order valence-corrected chi connectivity index (χ0v) is 14.7. The third-order valence-electron chi connectivity index (χ3n) is 4.37. The fourth-order valence-corrected chi connectivity index (χ4v) is 3.98. The van der Waals surface area contributed by atoms with E-state index in [0.717, 1.165) is 24.2 Å².